The molecule has 2 aromatic rings. The molecule has 2 N–H and O–H groups in total. The fourth-order valence-corrected chi connectivity index (χ4v) is 2.47. The van der Waals surface area contributed by atoms with Crippen LogP contribution in [0.3, 0.4) is 0 Å². The van der Waals surface area contributed by atoms with Gasteiger partial charge in [0.05, 0.1) is 5.69 Å². The van der Waals surface area contributed by atoms with E-state index in [1.807, 2.05) is 31.0 Å². The zero-order valence-electron chi connectivity index (χ0n) is 12.2. The molecule has 106 valence electrons. The minimum atomic E-state index is -0.227. The molecule has 0 saturated carbocycles. The number of nitrogens with two attached hydrogens (primary N) is 1. The summed E-state index contributed by atoms with van der Waals surface area (Å²) >= 11 is 0. The Kier molecular flexibility index (Phi) is 4.40. The van der Waals surface area contributed by atoms with Crippen molar-refractivity contribution in [3.8, 4) is 0 Å². The molecule has 0 saturated heterocycles. The van der Waals surface area contributed by atoms with Crippen LogP contribution in [0.1, 0.15) is 29.7 Å². The van der Waals surface area contributed by atoms with Crippen LogP contribution in [-0.2, 0) is 6.54 Å². The van der Waals surface area contributed by atoms with Crippen LogP contribution in [0.5, 0.6) is 0 Å². The van der Waals surface area contributed by atoms with E-state index in [1.54, 1.807) is 6.07 Å². The molecule has 2 aromatic carbocycles. The standard InChI is InChI=1S/C17H21FN2/c1-12-6-4-7-14(10-12)11-20(3)17-15(13(2)19)8-5-9-16(17)18/h4-10,13H,11,19H2,1-3H3. The number of anilines is 1. The van der Waals surface area contributed by atoms with Crippen molar-refractivity contribution in [3.63, 3.8) is 0 Å². The second-order valence-electron chi connectivity index (χ2n) is 5.31. The summed E-state index contributed by atoms with van der Waals surface area (Å²) in [6.45, 7) is 4.58. The monoisotopic (exact) mass is 272 g/mol. The van der Waals surface area contributed by atoms with Crippen LogP contribution in [0.4, 0.5) is 10.1 Å². The number of hydrogen-bond donors (Lipinski definition) is 1. The summed E-state index contributed by atoms with van der Waals surface area (Å²) in [4.78, 5) is 1.92. The molecule has 0 heterocycles. The smallest absolute Gasteiger partial charge is 0.146 e. The van der Waals surface area contributed by atoms with Crippen LogP contribution in [0.15, 0.2) is 42.5 Å². The SMILES string of the molecule is Cc1cccc(CN(C)c2c(F)cccc2C(C)N)c1. The number of nitrogens with zero attached hydrogens (tertiary/aromatic N) is 1. The summed E-state index contributed by atoms with van der Waals surface area (Å²) in [5, 5.41) is 0. The molecule has 0 aromatic heterocycles. The first-order chi connectivity index (χ1) is 9.49. The maximum absolute atomic E-state index is 14.1. The van der Waals surface area contributed by atoms with E-state index in [0.717, 1.165) is 11.1 Å². The molecular weight excluding hydrogens is 251 g/mol. The second kappa shape index (κ2) is 6.06. The molecule has 1 atom stereocenters. The van der Waals surface area contributed by atoms with E-state index < -0.39 is 0 Å². The van der Waals surface area contributed by atoms with Gasteiger partial charge in [0.25, 0.3) is 0 Å². The molecule has 0 amide bonds. The van der Waals surface area contributed by atoms with Gasteiger partial charge < -0.3 is 10.6 Å². The van der Waals surface area contributed by atoms with Gasteiger partial charge in [-0.2, -0.15) is 0 Å². The Morgan fingerprint density at radius 3 is 2.55 bits per heavy atom. The highest BCUT2D eigenvalue weighted by Gasteiger charge is 2.15. The minimum absolute atomic E-state index is 0.194. The average Bonchev–Trinajstić information content (AvgIpc) is 2.38. The first kappa shape index (κ1) is 14.5. The van der Waals surface area contributed by atoms with Gasteiger partial charge in [0.2, 0.25) is 0 Å². The third kappa shape index (κ3) is 3.17. The Morgan fingerprint density at radius 1 is 1.20 bits per heavy atom. The minimum Gasteiger partial charge on any atom is -0.368 e. The summed E-state index contributed by atoms with van der Waals surface area (Å²) < 4.78 is 14.1. The van der Waals surface area contributed by atoms with Gasteiger partial charge in [-0.25, -0.2) is 4.39 Å². The summed E-state index contributed by atoms with van der Waals surface area (Å²) in [5.41, 5.74) is 9.73. The topological polar surface area (TPSA) is 29.3 Å². The van der Waals surface area contributed by atoms with Gasteiger partial charge in [-0.15, -0.1) is 0 Å². The maximum atomic E-state index is 14.1. The number of benzene rings is 2. The number of para-hydroxylation sites is 1. The van der Waals surface area contributed by atoms with Crippen molar-refractivity contribution in [1.29, 1.82) is 0 Å². The van der Waals surface area contributed by atoms with E-state index in [0.29, 0.717) is 12.2 Å². The van der Waals surface area contributed by atoms with E-state index in [9.17, 15) is 4.39 Å². The van der Waals surface area contributed by atoms with E-state index in [4.69, 9.17) is 5.73 Å². The highest BCUT2D eigenvalue weighted by atomic mass is 19.1. The molecule has 0 radical (unpaired) electrons. The quantitative estimate of drug-likeness (QED) is 0.917. The lowest BCUT2D eigenvalue weighted by atomic mass is 10.0. The second-order valence-corrected chi connectivity index (χ2v) is 5.31. The number of halogens is 1. The molecule has 0 spiro atoms. The Morgan fingerprint density at radius 2 is 1.90 bits per heavy atom. The van der Waals surface area contributed by atoms with Gasteiger partial charge in [-0.3, -0.25) is 0 Å². The van der Waals surface area contributed by atoms with Crippen LogP contribution in [0, 0.1) is 12.7 Å². The van der Waals surface area contributed by atoms with Crippen molar-refractivity contribution in [2.24, 2.45) is 5.73 Å². The van der Waals surface area contributed by atoms with E-state index >= 15 is 0 Å². The molecule has 0 fully saturated rings. The van der Waals surface area contributed by atoms with Crippen molar-refractivity contribution < 1.29 is 4.39 Å². The predicted octanol–water partition coefficient (Wildman–Crippen LogP) is 3.79. The Labute approximate surface area is 120 Å². The van der Waals surface area contributed by atoms with Crippen molar-refractivity contribution in [3.05, 3.63) is 65.0 Å². The molecule has 20 heavy (non-hydrogen) atoms. The Bertz CT molecular complexity index is 593. The third-order valence-corrected chi connectivity index (χ3v) is 3.39. The van der Waals surface area contributed by atoms with Crippen LogP contribution in [0.25, 0.3) is 0 Å². The van der Waals surface area contributed by atoms with Crippen molar-refractivity contribution in [2.75, 3.05) is 11.9 Å². The van der Waals surface area contributed by atoms with Crippen LogP contribution in [0.2, 0.25) is 0 Å². The molecule has 0 aliphatic rings. The van der Waals surface area contributed by atoms with Crippen LogP contribution >= 0.6 is 0 Å². The largest absolute Gasteiger partial charge is 0.368 e. The zero-order chi connectivity index (χ0) is 14.7. The molecular formula is C17H21FN2. The molecule has 0 aliphatic heterocycles. The van der Waals surface area contributed by atoms with Crippen LogP contribution < -0.4 is 10.6 Å². The zero-order valence-corrected chi connectivity index (χ0v) is 12.2. The molecule has 2 rings (SSSR count). The summed E-state index contributed by atoms with van der Waals surface area (Å²) in [7, 11) is 1.90. The lowest BCUT2D eigenvalue weighted by molar-refractivity contribution is 0.616. The molecule has 0 aliphatic carbocycles. The summed E-state index contributed by atoms with van der Waals surface area (Å²) in [5.74, 6) is -0.227. The molecule has 1 unspecified atom stereocenters. The van der Waals surface area contributed by atoms with Crippen molar-refractivity contribution >= 4 is 5.69 Å². The number of hydrogen-bond acceptors (Lipinski definition) is 2. The lowest BCUT2D eigenvalue weighted by Crippen LogP contribution is -2.21. The fourth-order valence-electron chi connectivity index (χ4n) is 2.47. The van der Waals surface area contributed by atoms with Gasteiger partial charge in [-0.1, -0.05) is 42.0 Å². The first-order valence-electron chi connectivity index (χ1n) is 6.79. The molecule has 2 nitrogen and oxygen atoms in total. The summed E-state index contributed by atoms with van der Waals surface area (Å²) in [6, 6.07) is 13.1. The molecule has 0 bridgehead atoms. The first-order valence-corrected chi connectivity index (χ1v) is 6.79. The van der Waals surface area contributed by atoms with Gasteiger partial charge in [0.1, 0.15) is 5.82 Å². The van der Waals surface area contributed by atoms with Gasteiger partial charge >= 0.3 is 0 Å². The third-order valence-electron chi connectivity index (χ3n) is 3.39. The normalized spacial score (nSPS) is 12.2. The number of rotatable bonds is 4. The van der Waals surface area contributed by atoms with E-state index in [1.165, 1.54) is 11.6 Å². The highest BCUT2D eigenvalue weighted by molar-refractivity contribution is 5.56. The maximum Gasteiger partial charge on any atom is 0.146 e. The fraction of sp³-hybridized carbons (Fsp3) is 0.294. The van der Waals surface area contributed by atoms with Gasteiger partial charge in [-0.05, 0) is 31.0 Å². The lowest BCUT2D eigenvalue weighted by Gasteiger charge is -2.24. The highest BCUT2D eigenvalue weighted by Crippen LogP contribution is 2.28. The summed E-state index contributed by atoms with van der Waals surface area (Å²) in [6.07, 6.45) is 0. The predicted molar refractivity (Wildman–Crippen MR) is 82.3 cm³/mol. The van der Waals surface area contributed by atoms with Crippen LogP contribution in [-0.4, -0.2) is 7.05 Å². The van der Waals surface area contributed by atoms with Gasteiger partial charge in [0.15, 0.2) is 0 Å². The Balaban J connectivity index is 2.31. The van der Waals surface area contributed by atoms with Crippen molar-refractivity contribution in [1.82, 2.24) is 0 Å². The van der Waals surface area contributed by atoms with Gasteiger partial charge in [0, 0.05) is 19.6 Å². The average molecular weight is 272 g/mol. The van der Waals surface area contributed by atoms with E-state index in [-0.39, 0.29) is 11.9 Å². The molecule has 3 heteroatoms. The number of aryl methyl sites for hydroxylation is 1. The van der Waals surface area contributed by atoms with Crippen molar-refractivity contribution in [2.45, 2.75) is 26.4 Å². The van der Waals surface area contributed by atoms with E-state index in [2.05, 4.69) is 25.1 Å². The Hall–Kier alpha value is -1.87.